The molecule has 1 aromatic rings. The van der Waals surface area contributed by atoms with Crippen molar-refractivity contribution >= 4 is 34.9 Å². The van der Waals surface area contributed by atoms with E-state index >= 15 is 0 Å². The van der Waals surface area contributed by atoms with E-state index in [1.807, 2.05) is 6.92 Å². The normalized spacial score (nSPS) is 23.5. The topological polar surface area (TPSA) is 69.4 Å². The van der Waals surface area contributed by atoms with Crippen LogP contribution < -0.4 is 10.5 Å². The number of fused-ring (bicyclic) bond motifs is 1. The first-order chi connectivity index (χ1) is 11.3. The molecule has 1 aromatic carbocycles. The second-order valence-corrected chi connectivity index (χ2v) is 7.76. The van der Waals surface area contributed by atoms with E-state index in [0.717, 1.165) is 18.4 Å². The van der Waals surface area contributed by atoms with Crippen LogP contribution in [0.4, 0.5) is 0 Å². The number of nitrogens with two attached hydrogens (primary N) is 1. The average molecular weight is 370 g/mol. The highest BCUT2D eigenvalue weighted by molar-refractivity contribution is 6.45. The van der Waals surface area contributed by atoms with Gasteiger partial charge in [-0.15, -0.1) is 0 Å². The summed E-state index contributed by atoms with van der Waals surface area (Å²) in [5.74, 6) is 0.457. The van der Waals surface area contributed by atoms with Gasteiger partial charge in [0.05, 0.1) is 18.1 Å². The molecule has 6 heteroatoms. The van der Waals surface area contributed by atoms with Gasteiger partial charge in [0.2, 0.25) is 5.91 Å². The lowest BCUT2D eigenvalue weighted by atomic mass is 9.73. The molecule has 3 rings (SSSR count). The van der Waals surface area contributed by atoms with Crippen molar-refractivity contribution in [3.05, 3.63) is 27.2 Å². The number of carbonyl (C=O) groups excluding carboxylic acids is 2. The highest BCUT2D eigenvalue weighted by atomic mass is 35.5. The summed E-state index contributed by atoms with van der Waals surface area (Å²) in [5, 5.41) is 0.485. The van der Waals surface area contributed by atoms with Crippen LogP contribution in [0.5, 0.6) is 5.75 Å². The molecule has 1 fully saturated rings. The van der Waals surface area contributed by atoms with E-state index in [9.17, 15) is 9.59 Å². The number of ether oxygens (including phenoxy) is 1. The number of hydrogen-bond donors (Lipinski definition) is 1. The van der Waals surface area contributed by atoms with Crippen LogP contribution in [0.2, 0.25) is 10.0 Å². The van der Waals surface area contributed by atoms with Crippen molar-refractivity contribution < 1.29 is 14.3 Å². The summed E-state index contributed by atoms with van der Waals surface area (Å²) in [4.78, 5) is 23.9. The largest absolute Gasteiger partial charge is 0.491 e. The van der Waals surface area contributed by atoms with E-state index in [1.54, 1.807) is 6.07 Å². The molecular formula is C18H21Cl2NO3. The Morgan fingerprint density at radius 2 is 2.00 bits per heavy atom. The van der Waals surface area contributed by atoms with Gasteiger partial charge in [-0.25, -0.2) is 0 Å². The van der Waals surface area contributed by atoms with Crippen LogP contribution in [0.3, 0.4) is 0 Å². The summed E-state index contributed by atoms with van der Waals surface area (Å²) >= 11 is 12.7. The Balaban J connectivity index is 1.90. The molecule has 2 aliphatic carbocycles. The fraction of sp³-hybridized carbons (Fsp3) is 0.556. The fourth-order valence-electron chi connectivity index (χ4n) is 4.06. The average Bonchev–Trinajstić information content (AvgIpc) is 3.13. The number of ketones is 1. The molecule has 0 heterocycles. The van der Waals surface area contributed by atoms with Crippen molar-refractivity contribution in [2.45, 2.75) is 45.4 Å². The van der Waals surface area contributed by atoms with Crippen molar-refractivity contribution in [3.63, 3.8) is 0 Å². The molecule has 1 amide bonds. The molecule has 2 N–H and O–H groups in total. The molecule has 1 unspecified atom stereocenters. The second-order valence-electron chi connectivity index (χ2n) is 7.01. The minimum absolute atomic E-state index is 0.0972. The summed E-state index contributed by atoms with van der Waals surface area (Å²) in [5.41, 5.74) is 6.14. The third kappa shape index (κ3) is 2.91. The molecule has 4 nitrogen and oxygen atoms in total. The summed E-state index contributed by atoms with van der Waals surface area (Å²) in [6, 6.07) is 1.79. The number of benzene rings is 1. The van der Waals surface area contributed by atoms with Gasteiger partial charge in [0.15, 0.2) is 5.78 Å². The molecule has 2 aliphatic rings. The van der Waals surface area contributed by atoms with E-state index in [0.29, 0.717) is 23.7 Å². The van der Waals surface area contributed by atoms with Gasteiger partial charge >= 0.3 is 0 Å². The minimum Gasteiger partial charge on any atom is -0.491 e. The Kier molecular flexibility index (Phi) is 4.80. The number of halogens is 2. The Bertz CT molecular complexity index is 698. The van der Waals surface area contributed by atoms with Crippen LogP contribution in [0.25, 0.3) is 0 Å². The zero-order valence-electron chi connectivity index (χ0n) is 13.7. The molecule has 1 atom stereocenters. The minimum atomic E-state index is -0.442. The first kappa shape index (κ1) is 17.6. The van der Waals surface area contributed by atoms with Gasteiger partial charge in [-0.1, -0.05) is 43.0 Å². The Hall–Kier alpha value is -1.26. The monoisotopic (exact) mass is 369 g/mol. The Labute approximate surface area is 151 Å². The smallest absolute Gasteiger partial charge is 0.220 e. The third-order valence-electron chi connectivity index (χ3n) is 5.42. The lowest BCUT2D eigenvalue weighted by Gasteiger charge is -2.29. The highest BCUT2D eigenvalue weighted by Crippen LogP contribution is 2.52. The number of amides is 1. The SMILES string of the molecule is CC1(C2CCCC2)Cc2cc(OCCC(N)=O)c(Cl)c(Cl)c2C1=O. The highest BCUT2D eigenvalue weighted by Gasteiger charge is 2.49. The zero-order valence-corrected chi connectivity index (χ0v) is 15.2. The predicted molar refractivity (Wildman–Crippen MR) is 93.9 cm³/mol. The van der Waals surface area contributed by atoms with Gasteiger partial charge in [0, 0.05) is 11.0 Å². The quantitative estimate of drug-likeness (QED) is 0.845. The van der Waals surface area contributed by atoms with Gasteiger partial charge in [0.1, 0.15) is 10.8 Å². The van der Waals surface area contributed by atoms with Gasteiger partial charge in [-0.3, -0.25) is 9.59 Å². The Morgan fingerprint density at radius 1 is 1.33 bits per heavy atom. The van der Waals surface area contributed by atoms with Crippen molar-refractivity contribution in [1.82, 2.24) is 0 Å². The molecule has 1 saturated carbocycles. The maximum absolute atomic E-state index is 13.0. The first-order valence-corrected chi connectivity index (χ1v) is 9.07. The fourth-order valence-corrected chi connectivity index (χ4v) is 4.56. The van der Waals surface area contributed by atoms with Crippen LogP contribution in [-0.2, 0) is 11.2 Å². The maximum atomic E-state index is 13.0. The molecule has 24 heavy (non-hydrogen) atoms. The van der Waals surface area contributed by atoms with Crippen LogP contribution in [0, 0.1) is 11.3 Å². The predicted octanol–water partition coefficient (Wildman–Crippen LogP) is 4.18. The molecule has 0 bridgehead atoms. The summed E-state index contributed by atoms with van der Waals surface area (Å²) in [6.45, 7) is 2.18. The molecule has 0 spiro atoms. The third-order valence-corrected chi connectivity index (χ3v) is 6.27. The van der Waals surface area contributed by atoms with Crippen molar-refractivity contribution in [2.24, 2.45) is 17.1 Å². The number of rotatable bonds is 5. The molecule has 0 radical (unpaired) electrons. The van der Waals surface area contributed by atoms with Gasteiger partial charge < -0.3 is 10.5 Å². The second kappa shape index (κ2) is 6.57. The summed E-state index contributed by atoms with van der Waals surface area (Å²) < 4.78 is 5.55. The van der Waals surface area contributed by atoms with Gasteiger partial charge in [-0.05, 0) is 36.8 Å². The van der Waals surface area contributed by atoms with Crippen molar-refractivity contribution in [1.29, 1.82) is 0 Å². The first-order valence-electron chi connectivity index (χ1n) is 8.31. The molecule has 0 saturated heterocycles. The number of hydrogen-bond acceptors (Lipinski definition) is 3. The number of carbonyl (C=O) groups is 2. The van der Waals surface area contributed by atoms with E-state index < -0.39 is 11.3 Å². The van der Waals surface area contributed by atoms with Crippen LogP contribution in [-0.4, -0.2) is 18.3 Å². The summed E-state index contributed by atoms with van der Waals surface area (Å²) in [7, 11) is 0. The van der Waals surface area contributed by atoms with E-state index in [4.69, 9.17) is 33.7 Å². The summed E-state index contributed by atoms with van der Waals surface area (Å²) in [6.07, 6.45) is 5.30. The maximum Gasteiger partial charge on any atom is 0.220 e. The van der Waals surface area contributed by atoms with E-state index in [-0.39, 0.29) is 28.9 Å². The van der Waals surface area contributed by atoms with Crippen molar-refractivity contribution in [3.8, 4) is 5.75 Å². The number of primary amides is 1. The van der Waals surface area contributed by atoms with Gasteiger partial charge in [-0.2, -0.15) is 0 Å². The Morgan fingerprint density at radius 3 is 2.62 bits per heavy atom. The van der Waals surface area contributed by atoms with Crippen LogP contribution >= 0.6 is 23.2 Å². The lowest BCUT2D eigenvalue weighted by Crippen LogP contribution is -2.32. The number of Topliss-reactive ketones (excluding diaryl/α,β-unsaturated/α-hetero) is 1. The molecule has 0 aliphatic heterocycles. The van der Waals surface area contributed by atoms with E-state index in [2.05, 4.69) is 0 Å². The molecule has 130 valence electrons. The lowest BCUT2D eigenvalue weighted by molar-refractivity contribution is -0.118. The van der Waals surface area contributed by atoms with Crippen molar-refractivity contribution in [2.75, 3.05) is 6.61 Å². The van der Waals surface area contributed by atoms with Crippen LogP contribution in [0.1, 0.15) is 54.9 Å². The standard InChI is InChI=1S/C18H21Cl2NO3/c1-18(11-4-2-3-5-11)9-10-8-12(24-7-6-13(21)22)15(19)16(20)14(10)17(18)23/h8,11H,2-7,9H2,1H3,(H2,21,22). The zero-order chi connectivity index (χ0) is 17.5. The van der Waals surface area contributed by atoms with Gasteiger partial charge in [0.25, 0.3) is 0 Å². The van der Waals surface area contributed by atoms with E-state index in [1.165, 1.54) is 12.8 Å². The van der Waals surface area contributed by atoms with Crippen LogP contribution in [0.15, 0.2) is 6.07 Å². The molecular weight excluding hydrogens is 349 g/mol. The molecule has 0 aromatic heterocycles.